The maximum atomic E-state index is 11.6. The number of carbonyl (C=O) groups is 1. The van der Waals surface area contributed by atoms with Gasteiger partial charge in [-0.05, 0) is 12.5 Å². The second kappa shape index (κ2) is 3.68. The van der Waals surface area contributed by atoms with Crippen LogP contribution in [0.3, 0.4) is 0 Å². The second-order valence-corrected chi connectivity index (χ2v) is 3.38. The number of aromatic nitrogens is 1. The highest BCUT2D eigenvalue weighted by atomic mass is 16.2. The van der Waals surface area contributed by atoms with Crippen molar-refractivity contribution in [3.05, 3.63) is 18.5 Å². The zero-order chi connectivity index (χ0) is 10.8. The zero-order valence-corrected chi connectivity index (χ0v) is 8.47. The Balaban J connectivity index is 2.32. The van der Waals surface area contributed by atoms with E-state index in [-0.39, 0.29) is 5.91 Å². The molecule has 2 N–H and O–H groups in total. The molecule has 15 heavy (non-hydrogen) atoms. The highest BCUT2D eigenvalue weighted by molar-refractivity contribution is 6.12. The zero-order valence-electron chi connectivity index (χ0n) is 8.47. The van der Waals surface area contributed by atoms with Crippen LogP contribution in [0, 0.1) is 0 Å². The lowest BCUT2D eigenvalue weighted by Gasteiger charge is -2.10. The van der Waals surface area contributed by atoms with Crippen molar-refractivity contribution >= 4 is 23.0 Å². The number of hydrogen-bond donors (Lipinski definition) is 1. The van der Waals surface area contributed by atoms with Crippen molar-refractivity contribution in [2.45, 2.75) is 19.8 Å². The smallest absolute Gasteiger partial charge is 0.253 e. The lowest BCUT2D eigenvalue weighted by Crippen LogP contribution is -2.19. The van der Waals surface area contributed by atoms with Gasteiger partial charge in [0, 0.05) is 11.9 Å². The first-order chi connectivity index (χ1) is 7.20. The molecule has 1 aromatic rings. The van der Waals surface area contributed by atoms with E-state index in [1.165, 1.54) is 11.2 Å². The quantitative estimate of drug-likeness (QED) is 0.785. The van der Waals surface area contributed by atoms with Crippen LogP contribution in [0.2, 0.25) is 0 Å². The van der Waals surface area contributed by atoms with Crippen LogP contribution in [0.25, 0.3) is 0 Å². The molecule has 0 bridgehead atoms. The van der Waals surface area contributed by atoms with E-state index in [4.69, 9.17) is 5.73 Å². The third-order valence-corrected chi connectivity index (χ3v) is 2.23. The van der Waals surface area contributed by atoms with Gasteiger partial charge in [0.05, 0.1) is 24.0 Å². The second-order valence-electron chi connectivity index (χ2n) is 3.38. The predicted octanol–water partition coefficient (Wildman–Crippen LogP) is 1.17. The van der Waals surface area contributed by atoms with Gasteiger partial charge >= 0.3 is 0 Å². The van der Waals surface area contributed by atoms with Crippen LogP contribution in [0.1, 0.15) is 19.8 Å². The highest BCUT2D eigenvalue weighted by Gasteiger charge is 2.24. The van der Waals surface area contributed by atoms with E-state index in [1.54, 1.807) is 12.3 Å². The van der Waals surface area contributed by atoms with Crippen molar-refractivity contribution in [2.75, 3.05) is 10.7 Å². The number of pyridine rings is 1. The van der Waals surface area contributed by atoms with Gasteiger partial charge in [-0.15, -0.1) is 0 Å². The van der Waals surface area contributed by atoms with Gasteiger partial charge in [0.25, 0.3) is 5.91 Å². The fourth-order valence-corrected chi connectivity index (χ4v) is 1.44. The van der Waals surface area contributed by atoms with Crippen LogP contribution >= 0.6 is 0 Å². The van der Waals surface area contributed by atoms with E-state index in [1.807, 2.05) is 6.92 Å². The summed E-state index contributed by atoms with van der Waals surface area (Å²) < 4.78 is 0. The number of hydrazone groups is 1. The molecule has 2 rings (SSSR count). The van der Waals surface area contributed by atoms with Gasteiger partial charge in [0.15, 0.2) is 0 Å². The van der Waals surface area contributed by atoms with Crippen LogP contribution in [0.15, 0.2) is 23.6 Å². The van der Waals surface area contributed by atoms with E-state index in [9.17, 15) is 4.79 Å². The molecule has 1 aliphatic rings. The molecule has 0 saturated heterocycles. The van der Waals surface area contributed by atoms with E-state index in [2.05, 4.69) is 10.1 Å². The third kappa shape index (κ3) is 1.81. The van der Waals surface area contributed by atoms with E-state index >= 15 is 0 Å². The van der Waals surface area contributed by atoms with Crippen LogP contribution in [-0.4, -0.2) is 16.6 Å². The molecule has 78 valence electrons. The van der Waals surface area contributed by atoms with Crippen LogP contribution < -0.4 is 10.7 Å². The maximum absolute atomic E-state index is 11.6. The molecule has 1 amide bonds. The Labute approximate surface area is 87.6 Å². The van der Waals surface area contributed by atoms with Gasteiger partial charge < -0.3 is 5.73 Å². The van der Waals surface area contributed by atoms with Crippen LogP contribution in [0.5, 0.6) is 0 Å². The number of nitrogen functional groups attached to an aromatic ring is 1. The van der Waals surface area contributed by atoms with Crippen LogP contribution in [-0.2, 0) is 4.79 Å². The molecular weight excluding hydrogens is 192 g/mol. The van der Waals surface area contributed by atoms with Gasteiger partial charge in [0.1, 0.15) is 0 Å². The number of hydrogen-bond acceptors (Lipinski definition) is 4. The van der Waals surface area contributed by atoms with E-state index in [0.717, 1.165) is 12.1 Å². The minimum absolute atomic E-state index is 0.0285. The van der Waals surface area contributed by atoms with Crippen molar-refractivity contribution in [1.82, 2.24) is 4.98 Å². The molecule has 0 unspecified atom stereocenters. The number of nitrogens with zero attached hydrogens (tertiary/aromatic N) is 3. The summed E-state index contributed by atoms with van der Waals surface area (Å²) in [7, 11) is 0. The third-order valence-electron chi connectivity index (χ3n) is 2.23. The van der Waals surface area contributed by atoms with Crippen molar-refractivity contribution in [2.24, 2.45) is 5.10 Å². The van der Waals surface area contributed by atoms with Gasteiger partial charge in [0.2, 0.25) is 0 Å². The molecule has 0 aliphatic carbocycles. The first kappa shape index (κ1) is 9.64. The molecule has 2 heterocycles. The molecule has 5 nitrogen and oxygen atoms in total. The summed E-state index contributed by atoms with van der Waals surface area (Å²) in [5, 5.41) is 5.57. The number of rotatable bonds is 2. The van der Waals surface area contributed by atoms with Crippen molar-refractivity contribution in [3.63, 3.8) is 0 Å². The first-order valence-corrected chi connectivity index (χ1v) is 4.80. The average molecular weight is 204 g/mol. The molecule has 0 atom stereocenters. The molecule has 1 aliphatic heterocycles. The Morgan fingerprint density at radius 1 is 1.53 bits per heavy atom. The Morgan fingerprint density at radius 2 is 2.33 bits per heavy atom. The molecule has 0 aromatic carbocycles. The molecule has 1 aromatic heterocycles. The van der Waals surface area contributed by atoms with E-state index < -0.39 is 0 Å². The number of nitrogens with two attached hydrogens (primary N) is 1. The fourth-order valence-electron chi connectivity index (χ4n) is 1.44. The Morgan fingerprint density at radius 3 is 2.93 bits per heavy atom. The van der Waals surface area contributed by atoms with Gasteiger partial charge in [-0.1, -0.05) is 6.92 Å². The van der Waals surface area contributed by atoms with Gasteiger partial charge in [-0.2, -0.15) is 10.1 Å². The molecule has 0 fully saturated rings. The molecule has 0 saturated carbocycles. The minimum atomic E-state index is -0.0285. The largest absolute Gasteiger partial charge is 0.397 e. The standard InChI is InChI=1S/C10H12N4O/c1-2-8-4-10(15)14(13-8)9-3-7(11)5-12-6-9/h3,5-6H,2,4,11H2,1H3. The van der Waals surface area contributed by atoms with Crippen molar-refractivity contribution in [1.29, 1.82) is 0 Å². The summed E-state index contributed by atoms with van der Waals surface area (Å²) in [5.41, 5.74) is 7.64. The molecule has 5 heteroatoms. The minimum Gasteiger partial charge on any atom is -0.397 e. The Kier molecular flexibility index (Phi) is 2.37. The Hall–Kier alpha value is -1.91. The van der Waals surface area contributed by atoms with Crippen LogP contribution in [0.4, 0.5) is 11.4 Å². The molecule has 0 spiro atoms. The first-order valence-electron chi connectivity index (χ1n) is 4.80. The average Bonchev–Trinajstić information content (AvgIpc) is 2.60. The Bertz CT molecular complexity index is 427. The van der Waals surface area contributed by atoms with Crippen molar-refractivity contribution in [3.8, 4) is 0 Å². The number of amides is 1. The summed E-state index contributed by atoms with van der Waals surface area (Å²) in [6.45, 7) is 1.98. The van der Waals surface area contributed by atoms with E-state index in [0.29, 0.717) is 17.8 Å². The summed E-state index contributed by atoms with van der Waals surface area (Å²) in [6.07, 6.45) is 4.30. The molecule has 0 radical (unpaired) electrons. The van der Waals surface area contributed by atoms with Gasteiger partial charge in [-0.3, -0.25) is 9.78 Å². The molecular formula is C10H12N4O. The van der Waals surface area contributed by atoms with Crippen molar-refractivity contribution < 1.29 is 4.79 Å². The lowest BCUT2D eigenvalue weighted by atomic mass is 10.2. The monoisotopic (exact) mass is 204 g/mol. The number of anilines is 2. The summed E-state index contributed by atoms with van der Waals surface area (Å²) in [6, 6.07) is 1.69. The highest BCUT2D eigenvalue weighted by Crippen LogP contribution is 2.21. The topological polar surface area (TPSA) is 71.6 Å². The SMILES string of the molecule is CCC1=NN(c2cncc(N)c2)C(=O)C1. The predicted molar refractivity (Wildman–Crippen MR) is 58.5 cm³/mol. The fraction of sp³-hybridized carbons (Fsp3) is 0.300. The lowest BCUT2D eigenvalue weighted by molar-refractivity contribution is -0.116. The summed E-state index contributed by atoms with van der Waals surface area (Å²) >= 11 is 0. The number of carbonyl (C=O) groups excluding carboxylic acids is 1. The summed E-state index contributed by atoms with van der Waals surface area (Å²) in [4.78, 5) is 15.5. The van der Waals surface area contributed by atoms with Gasteiger partial charge in [-0.25, -0.2) is 0 Å². The normalized spacial score (nSPS) is 15.7. The summed E-state index contributed by atoms with van der Waals surface area (Å²) in [5.74, 6) is -0.0285. The maximum Gasteiger partial charge on any atom is 0.253 e.